The van der Waals surface area contributed by atoms with E-state index in [9.17, 15) is 10.1 Å². The monoisotopic (exact) mass is 630 g/mol. The normalized spacial score (nSPS) is 13.8. The molecule has 1 aliphatic heterocycles. The average molecular weight is 632 g/mol. The smallest absolute Gasteiger partial charge is 0.347 e. The van der Waals surface area contributed by atoms with E-state index in [0.29, 0.717) is 57.4 Å². The van der Waals surface area contributed by atoms with Gasteiger partial charge in [-0.2, -0.15) is 5.26 Å². The number of nitrogens with two attached hydrogens (primary N) is 1. The molecule has 0 aliphatic carbocycles. The summed E-state index contributed by atoms with van der Waals surface area (Å²) in [6.07, 6.45) is 0. The molecule has 0 radical (unpaired) electrons. The van der Waals surface area contributed by atoms with Gasteiger partial charge in [0.2, 0.25) is 5.88 Å². The number of fused-ring (bicyclic) bond motifs is 1. The first-order valence-electron chi connectivity index (χ1n) is 13.8. The van der Waals surface area contributed by atoms with E-state index in [2.05, 4.69) is 6.07 Å². The predicted octanol–water partition coefficient (Wildman–Crippen LogP) is 7.81. The summed E-state index contributed by atoms with van der Waals surface area (Å²) in [5, 5.41) is 11.1. The van der Waals surface area contributed by atoms with Crippen molar-refractivity contribution >= 4 is 29.2 Å². The Morgan fingerprint density at radius 1 is 0.909 bits per heavy atom. The number of carbonyl (C=O) groups is 1. The fourth-order valence-electron chi connectivity index (χ4n) is 4.81. The molecule has 1 heterocycles. The van der Waals surface area contributed by atoms with Crippen LogP contribution in [-0.2, 0) is 6.61 Å². The predicted molar refractivity (Wildman–Crippen MR) is 167 cm³/mol. The molecule has 2 N–H and O–H groups in total. The van der Waals surface area contributed by atoms with Gasteiger partial charge in [-0.15, -0.1) is 0 Å². The zero-order valence-electron chi connectivity index (χ0n) is 23.9. The maximum absolute atomic E-state index is 13.0. The Bertz CT molecular complexity index is 1780. The zero-order valence-corrected chi connectivity index (χ0v) is 25.4. The minimum atomic E-state index is -0.584. The van der Waals surface area contributed by atoms with Crippen molar-refractivity contribution in [2.75, 3.05) is 13.2 Å². The van der Waals surface area contributed by atoms with Crippen LogP contribution in [-0.4, -0.2) is 19.2 Å². The first-order valence-corrected chi connectivity index (χ1v) is 14.6. The molecule has 4 aromatic carbocycles. The van der Waals surface area contributed by atoms with Crippen molar-refractivity contribution < 1.29 is 28.5 Å². The number of carbonyl (C=O) groups excluding carboxylic acids is 1. The molecule has 0 amide bonds. The maximum atomic E-state index is 13.0. The van der Waals surface area contributed by atoms with E-state index in [0.717, 1.165) is 11.1 Å². The maximum Gasteiger partial charge on any atom is 0.347 e. The van der Waals surface area contributed by atoms with Crippen LogP contribution in [0.5, 0.6) is 28.7 Å². The van der Waals surface area contributed by atoms with E-state index in [1.807, 2.05) is 26.0 Å². The number of ether oxygens (including phenoxy) is 5. The lowest BCUT2D eigenvalue weighted by Gasteiger charge is -2.27. The van der Waals surface area contributed by atoms with Gasteiger partial charge in [-0.3, -0.25) is 0 Å². The Kier molecular flexibility index (Phi) is 9.49. The summed E-state index contributed by atoms with van der Waals surface area (Å²) in [5.41, 5.74) is 8.90. The van der Waals surface area contributed by atoms with Crippen LogP contribution >= 0.6 is 23.2 Å². The Balaban J connectivity index is 1.44. The SMILES string of the molecule is CCOc1cc(C2C(C#N)=C(N)Oc3cc(OC(=O)c4ccccc4OCC)ccc32)ccc1OCc1ccc(Cl)cc1Cl. The van der Waals surface area contributed by atoms with E-state index < -0.39 is 11.9 Å². The van der Waals surface area contributed by atoms with E-state index in [-0.39, 0.29) is 23.8 Å². The molecular weight excluding hydrogens is 603 g/mol. The highest BCUT2D eigenvalue weighted by Gasteiger charge is 2.32. The van der Waals surface area contributed by atoms with Crippen molar-refractivity contribution in [1.82, 2.24) is 0 Å². The fourth-order valence-corrected chi connectivity index (χ4v) is 5.27. The minimum absolute atomic E-state index is 0.0502. The van der Waals surface area contributed by atoms with Crippen LogP contribution in [0.1, 0.15) is 46.8 Å². The van der Waals surface area contributed by atoms with Crippen molar-refractivity contribution in [2.45, 2.75) is 26.4 Å². The molecule has 0 bridgehead atoms. The van der Waals surface area contributed by atoms with E-state index >= 15 is 0 Å². The van der Waals surface area contributed by atoms with Gasteiger partial charge in [-0.1, -0.05) is 53.5 Å². The molecule has 44 heavy (non-hydrogen) atoms. The number of nitrogens with zero attached hydrogens (tertiary/aromatic N) is 1. The standard InChI is InChI=1S/C34H28Cl2N2O6/c1-3-40-28-8-6-5-7-25(28)34(39)43-23-12-13-24-30(17-23)44-33(38)26(18-37)32(24)20-10-14-29(31(15-20)41-4-2)42-19-21-9-11-22(35)16-27(21)36/h5-17,32H,3-4,19,38H2,1-2H3. The molecule has 0 aromatic heterocycles. The Morgan fingerprint density at radius 2 is 1.68 bits per heavy atom. The van der Waals surface area contributed by atoms with Gasteiger partial charge in [0.25, 0.3) is 0 Å². The molecule has 10 heteroatoms. The summed E-state index contributed by atoms with van der Waals surface area (Å²) in [6.45, 7) is 4.69. The van der Waals surface area contributed by atoms with Gasteiger partial charge in [0.15, 0.2) is 11.5 Å². The molecule has 1 atom stereocenters. The molecular formula is C34H28Cl2N2O6. The topological polar surface area (TPSA) is 113 Å². The second kappa shape index (κ2) is 13.6. The van der Waals surface area contributed by atoms with Crippen LogP contribution in [0.3, 0.4) is 0 Å². The summed E-state index contributed by atoms with van der Waals surface area (Å²) in [5.74, 6) is 0.791. The number of hydrogen-bond acceptors (Lipinski definition) is 8. The molecule has 0 saturated carbocycles. The number of hydrogen-bond donors (Lipinski definition) is 1. The van der Waals surface area contributed by atoms with Crippen LogP contribution in [0.2, 0.25) is 10.0 Å². The zero-order chi connectivity index (χ0) is 31.2. The lowest BCUT2D eigenvalue weighted by atomic mass is 9.83. The Hall–Kier alpha value is -4.84. The molecule has 224 valence electrons. The molecule has 0 fully saturated rings. The van der Waals surface area contributed by atoms with E-state index in [1.165, 1.54) is 0 Å². The third kappa shape index (κ3) is 6.55. The number of para-hydroxylation sites is 1. The van der Waals surface area contributed by atoms with Gasteiger partial charge in [0.05, 0.1) is 19.1 Å². The lowest BCUT2D eigenvalue weighted by Crippen LogP contribution is -2.21. The number of esters is 1. The molecule has 0 saturated heterocycles. The number of halogens is 2. The molecule has 5 rings (SSSR count). The van der Waals surface area contributed by atoms with Crippen LogP contribution in [0, 0.1) is 11.3 Å². The third-order valence-corrected chi connectivity index (χ3v) is 7.39. The highest BCUT2D eigenvalue weighted by atomic mass is 35.5. The van der Waals surface area contributed by atoms with Gasteiger partial charge < -0.3 is 29.4 Å². The molecule has 0 spiro atoms. The number of benzene rings is 4. The highest BCUT2D eigenvalue weighted by Crippen LogP contribution is 2.45. The second-order valence-corrected chi connectivity index (χ2v) is 10.5. The highest BCUT2D eigenvalue weighted by molar-refractivity contribution is 6.35. The Morgan fingerprint density at radius 3 is 2.43 bits per heavy atom. The van der Waals surface area contributed by atoms with Crippen LogP contribution in [0.15, 0.2) is 90.3 Å². The van der Waals surface area contributed by atoms with Crippen molar-refractivity contribution in [2.24, 2.45) is 5.73 Å². The second-order valence-electron chi connectivity index (χ2n) is 9.61. The molecule has 4 aromatic rings. The van der Waals surface area contributed by atoms with Crippen LogP contribution in [0.25, 0.3) is 0 Å². The number of allylic oxidation sites excluding steroid dienone is 1. The van der Waals surface area contributed by atoms with Gasteiger partial charge in [-0.25, -0.2) is 4.79 Å². The molecule has 1 aliphatic rings. The summed E-state index contributed by atoms with van der Waals surface area (Å²) < 4.78 is 29.0. The summed E-state index contributed by atoms with van der Waals surface area (Å²) in [7, 11) is 0. The van der Waals surface area contributed by atoms with Crippen molar-refractivity contribution in [3.63, 3.8) is 0 Å². The van der Waals surface area contributed by atoms with Gasteiger partial charge in [-0.05, 0) is 61.9 Å². The molecule has 1 unspecified atom stereocenters. The number of nitriles is 1. The van der Waals surface area contributed by atoms with Crippen LogP contribution < -0.4 is 29.4 Å². The number of rotatable bonds is 10. The largest absolute Gasteiger partial charge is 0.493 e. The van der Waals surface area contributed by atoms with Gasteiger partial charge in [0.1, 0.15) is 41.1 Å². The average Bonchev–Trinajstić information content (AvgIpc) is 3.01. The summed E-state index contributed by atoms with van der Waals surface area (Å²) in [4.78, 5) is 13.0. The van der Waals surface area contributed by atoms with Gasteiger partial charge in [0, 0.05) is 27.2 Å². The lowest BCUT2D eigenvalue weighted by molar-refractivity contribution is 0.0730. The van der Waals surface area contributed by atoms with Crippen LogP contribution in [0.4, 0.5) is 0 Å². The Labute approximate surface area is 265 Å². The fraction of sp³-hybridized carbons (Fsp3) is 0.176. The first kappa shape index (κ1) is 30.6. The third-order valence-electron chi connectivity index (χ3n) is 6.81. The molecule has 8 nitrogen and oxygen atoms in total. The summed E-state index contributed by atoms with van der Waals surface area (Å²) in [6, 6.07) is 24.6. The minimum Gasteiger partial charge on any atom is -0.493 e. The van der Waals surface area contributed by atoms with Crippen molar-refractivity contribution in [1.29, 1.82) is 5.26 Å². The quantitative estimate of drug-likeness (QED) is 0.139. The van der Waals surface area contributed by atoms with E-state index in [1.54, 1.807) is 66.7 Å². The van der Waals surface area contributed by atoms with E-state index in [4.69, 9.17) is 52.6 Å². The first-order chi connectivity index (χ1) is 21.3. The summed E-state index contributed by atoms with van der Waals surface area (Å²) >= 11 is 12.3. The van der Waals surface area contributed by atoms with Crippen molar-refractivity contribution in [3.8, 4) is 34.8 Å². The van der Waals surface area contributed by atoms with Crippen molar-refractivity contribution in [3.05, 3.63) is 123 Å². The van der Waals surface area contributed by atoms with Gasteiger partial charge >= 0.3 is 5.97 Å².